The van der Waals surface area contributed by atoms with Gasteiger partial charge in [0.05, 0.1) is 11.8 Å². The molecule has 122 valence electrons. The minimum Gasteiger partial charge on any atom is -0.459 e. The highest BCUT2D eigenvalue weighted by Crippen LogP contribution is 2.47. The van der Waals surface area contributed by atoms with Crippen molar-refractivity contribution in [2.45, 2.75) is 80.4 Å². The van der Waals surface area contributed by atoms with Crippen molar-refractivity contribution in [1.82, 2.24) is 0 Å². The van der Waals surface area contributed by atoms with Crippen molar-refractivity contribution >= 4 is 11.9 Å². The average molecular weight is 298 g/mol. The van der Waals surface area contributed by atoms with Crippen LogP contribution in [0, 0.1) is 16.2 Å². The van der Waals surface area contributed by atoms with Crippen molar-refractivity contribution in [3.05, 3.63) is 0 Å². The fourth-order valence-corrected chi connectivity index (χ4v) is 2.77. The molecule has 1 fully saturated rings. The summed E-state index contributed by atoms with van der Waals surface area (Å²) in [6.45, 7) is 16.3. The maximum absolute atomic E-state index is 12.8. The molecule has 1 rings (SSSR count). The summed E-state index contributed by atoms with van der Waals surface area (Å²) in [5.41, 5.74) is -0.838. The van der Waals surface area contributed by atoms with Crippen LogP contribution in [0.4, 0.5) is 0 Å². The fourth-order valence-electron chi connectivity index (χ4n) is 2.77. The number of rotatable bonds is 3. The zero-order valence-electron chi connectivity index (χ0n) is 14.7. The Kier molecular flexibility index (Phi) is 4.81. The molecule has 0 N–H and O–H groups in total. The van der Waals surface area contributed by atoms with Gasteiger partial charge in [-0.3, -0.25) is 9.59 Å². The molecule has 3 unspecified atom stereocenters. The Hall–Kier alpha value is -1.06. The molecule has 0 radical (unpaired) electrons. The summed E-state index contributed by atoms with van der Waals surface area (Å²) in [7, 11) is 0. The van der Waals surface area contributed by atoms with Gasteiger partial charge in [0.2, 0.25) is 0 Å². The lowest BCUT2D eigenvalue weighted by Crippen LogP contribution is -2.46. The van der Waals surface area contributed by atoms with E-state index in [9.17, 15) is 9.59 Å². The predicted molar refractivity (Wildman–Crippen MR) is 81.7 cm³/mol. The monoisotopic (exact) mass is 298 g/mol. The van der Waals surface area contributed by atoms with E-state index >= 15 is 0 Å². The third-order valence-corrected chi connectivity index (χ3v) is 4.46. The number of hydrogen-bond acceptors (Lipinski definition) is 4. The second-order valence-corrected chi connectivity index (χ2v) is 8.66. The largest absolute Gasteiger partial charge is 0.459 e. The van der Waals surface area contributed by atoms with Gasteiger partial charge in [-0.15, -0.1) is 0 Å². The summed E-state index contributed by atoms with van der Waals surface area (Å²) in [6, 6.07) is 0. The van der Waals surface area contributed by atoms with Crippen LogP contribution >= 0.6 is 0 Å². The molecule has 0 amide bonds. The summed E-state index contributed by atoms with van der Waals surface area (Å²) in [5, 5.41) is 0. The van der Waals surface area contributed by atoms with Crippen LogP contribution < -0.4 is 0 Å². The standard InChI is InChI=1S/C17H30O4/c1-11-12(9-13(18)20-11)21-14(19)17(8,16(5,6)7)10-15(2,3)4/h11-12H,9-10H2,1-8H3. The molecule has 0 bridgehead atoms. The van der Waals surface area contributed by atoms with Gasteiger partial charge in [-0.1, -0.05) is 41.5 Å². The highest BCUT2D eigenvalue weighted by molar-refractivity contribution is 5.79. The second kappa shape index (κ2) is 5.62. The number of cyclic esters (lactones) is 1. The van der Waals surface area contributed by atoms with Gasteiger partial charge in [-0.25, -0.2) is 0 Å². The molecule has 0 aromatic carbocycles. The maximum atomic E-state index is 12.8. The minimum atomic E-state index is -0.614. The summed E-state index contributed by atoms with van der Waals surface area (Å²) < 4.78 is 10.7. The Balaban J connectivity index is 2.94. The van der Waals surface area contributed by atoms with Gasteiger partial charge in [-0.05, 0) is 31.1 Å². The third kappa shape index (κ3) is 4.21. The molecule has 1 saturated heterocycles. The Morgan fingerprint density at radius 1 is 1.19 bits per heavy atom. The predicted octanol–water partition coefficient (Wildman–Crippen LogP) is 3.72. The summed E-state index contributed by atoms with van der Waals surface area (Å²) >= 11 is 0. The molecule has 4 nitrogen and oxygen atoms in total. The van der Waals surface area contributed by atoms with Gasteiger partial charge in [0.1, 0.15) is 12.2 Å². The number of ether oxygens (including phenoxy) is 2. The number of carbonyl (C=O) groups is 2. The zero-order chi connectivity index (χ0) is 16.6. The molecule has 0 aromatic heterocycles. The molecule has 0 aromatic rings. The Labute approximate surface area is 128 Å². The molecule has 3 atom stereocenters. The first-order valence-corrected chi connectivity index (χ1v) is 7.67. The van der Waals surface area contributed by atoms with E-state index in [0.29, 0.717) is 0 Å². The number of carbonyl (C=O) groups excluding carboxylic acids is 2. The molecule has 0 spiro atoms. The molecular weight excluding hydrogens is 268 g/mol. The van der Waals surface area contributed by atoms with E-state index in [2.05, 4.69) is 41.5 Å². The molecule has 4 heteroatoms. The van der Waals surface area contributed by atoms with Gasteiger partial charge in [0.15, 0.2) is 0 Å². The van der Waals surface area contributed by atoms with E-state index in [4.69, 9.17) is 9.47 Å². The molecule has 21 heavy (non-hydrogen) atoms. The lowest BCUT2D eigenvalue weighted by molar-refractivity contribution is -0.172. The maximum Gasteiger partial charge on any atom is 0.312 e. The van der Waals surface area contributed by atoms with Gasteiger partial charge >= 0.3 is 11.9 Å². The second-order valence-electron chi connectivity index (χ2n) is 8.66. The van der Waals surface area contributed by atoms with E-state index in [-0.39, 0.29) is 35.3 Å². The van der Waals surface area contributed by atoms with Gasteiger partial charge < -0.3 is 9.47 Å². The molecule has 1 aliphatic heterocycles. The van der Waals surface area contributed by atoms with Crippen molar-refractivity contribution in [1.29, 1.82) is 0 Å². The van der Waals surface area contributed by atoms with Crippen LogP contribution in [0.15, 0.2) is 0 Å². The molecule has 0 saturated carbocycles. The topological polar surface area (TPSA) is 52.6 Å². The van der Waals surface area contributed by atoms with Crippen LogP contribution in [-0.2, 0) is 19.1 Å². The van der Waals surface area contributed by atoms with Crippen LogP contribution in [0.1, 0.15) is 68.2 Å². The Morgan fingerprint density at radius 2 is 1.71 bits per heavy atom. The molecule has 1 heterocycles. The Morgan fingerprint density at radius 3 is 2.05 bits per heavy atom. The smallest absolute Gasteiger partial charge is 0.312 e. The van der Waals surface area contributed by atoms with E-state index in [0.717, 1.165) is 6.42 Å². The quantitative estimate of drug-likeness (QED) is 0.745. The lowest BCUT2D eigenvalue weighted by atomic mass is 9.61. The Bertz CT molecular complexity index is 413. The van der Waals surface area contributed by atoms with Crippen LogP contribution in [0.2, 0.25) is 0 Å². The fraction of sp³-hybridized carbons (Fsp3) is 0.882. The first-order chi connectivity index (χ1) is 9.26. The van der Waals surface area contributed by atoms with Crippen molar-refractivity contribution < 1.29 is 19.1 Å². The summed E-state index contributed by atoms with van der Waals surface area (Å²) in [6.07, 6.45) is 0.0490. The first-order valence-electron chi connectivity index (χ1n) is 7.67. The van der Waals surface area contributed by atoms with Gasteiger partial charge in [0, 0.05) is 0 Å². The number of esters is 2. The van der Waals surface area contributed by atoms with Crippen molar-refractivity contribution in [3.63, 3.8) is 0 Å². The molecule has 1 aliphatic rings. The van der Waals surface area contributed by atoms with E-state index in [1.54, 1.807) is 6.92 Å². The van der Waals surface area contributed by atoms with E-state index < -0.39 is 11.5 Å². The normalized spacial score (nSPS) is 26.2. The lowest BCUT2D eigenvalue weighted by Gasteiger charge is -2.43. The number of hydrogen-bond donors (Lipinski definition) is 0. The van der Waals surface area contributed by atoms with E-state index in [1.165, 1.54) is 0 Å². The summed E-state index contributed by atoms with van der Waals surface area (Å²) in [4.78, 5) is 24.1. The highest BCUT2D eigenvalue weighted by Gasteiger charge is 2.49. The molecule has 0 aliphatic carbocycles. The summed E-state index contributed by atoms with van der Waals surface area (Å²) in [5.74, 6) is -0.534. The third-order valence-electron chi connectivity index (χ3n) is 4.46. The van der Waals surface area contributed by atoms with Gasteiger partial charge in [0.25, 0.3) is 0 Å². The van der Waals surface area contributed by atoms with Crippen LogP contribution in [0.5, 0.6) is 0 Å². The van der Waals surface area contributed by atoms with Crippen molar-refractivity contribution in [2.24, 2.45) is 16.2 Å². The SMILES string of the molecule is CC1OC(=O)CC1OC(=O)C(C)(CC(C)(C)C)C(C)(C)C. The van der Waals surface area contributed by atoms with Gasteiger partial charge in [-0.2, -0.15) is 0 Å². The average Bonchev–Trinajstić information content (AvgIpc) is 2.53. The van der Waals surface area contributed by atoms with Crippen LogP contribution in [-0.4, -0.2) is 24.1 Å². The highest BCUT2D eigenvalue weighted by atomic mass is 16.6. The van der Waals surface area contributed by atoms with Crippen molar-refractivity contribution in [2.75, 3.05) is 0 Å². The van der Waals surface area contributed by atoms with Crippen LogP contribution in [0.3, 0.4) is 0 Å². The zero-order valence-corrected chi connectivity index (χ0v) is 14.7. The molecular formula is C17H30O4. The van der Waals surface area contributed by atoms with E-state index in [1.807, 2.05) is 6.92 Å². The van der Waals surface area contributed by atoms with Crippen LogP contribution in [0.25, 0.3) is 0 Å². The minimum absolute atomic E-state index is 0.00859. The first kappa shape index (κ1) is 18.0. The van der Waals surface area contributed by atoms with Crippen molar-refractivity contribution in [3.8, 4) is 0 Å².